The molecule has 0 rings (SSSR count). The van der Waals surface area contributed by atoms with Crippen molar-refractivity contribution in [1.29, 1.82) is 0 Å². The Labute approximate surface area is 73.9 Å². The predicted octanol–water partition coefficient (Wildman–Crippen LogP) is -5.92. The Morgan fingerprint density at radius 3 is 2.22 bits per heavy atom. The van der Waals surface area contributed by atoms with Gasteiger partial charge < -0.3 is 20.2 Å². The van der Waals surface area contributed by atoms with Crippen molar-refractivity contribution in [2.45, 2.75) is 6.04 Å². The van der Waals surface area contributed by atoms with E-state index >= 15 is 0 Å². The first-order valence-corrected chi connectivity index (χ1v) is 1.93. The van der Waals surface area contributed by atoms with E-state index < -0.39 is 18.6 Å². The second kappa shape index (κ2) is 6.47. The first-order valence-electron chi connectivity index (χ1n) is 1.93. The molecule has 6 heteroatoms. The molecule has 0 saturated carbocycles. The van der Waals surface area contributed by atoms with Crippen LogP contribution >= 0.6 is 0 Å². The van der Waals surface area contributed by atoms with Gasteiger partial charge in [-0.05, 0) is 0 Å². The van der Waals surface area contributed by atoms with E-state index in [1.807, 2.05) is 0 Å². The zero-order valence-electron chi connectivity index (χ0n) is 5.00. The van der Waals surface area contributed by atoms with Gasteiger partial charge in [-0.2, -0.15) is 5.48 Å². The molecule has 0 radical (unpaired) electrons. The Kier molecular flexibility index (Phi) is 8.67. The average molecular weight is 143 g/mol. The molecule has 0 saturated heterocycles. The van der Waals surface area contributed by atoms with Gasteiger partial charge in [0.05, 0.1) is 18.6 Å². The van der Waals surface area contributed by atoms with E-state index in [1.165, 1.54) is 5.48 Å². The number of carbonyl (C=O) groups excluding carboxylic acids is 1. The molecule has 0 aliphatic carbocycles. The van der Waals surface area contributed by atoms with Crippen molar-refractivity contribution >= 4 is 5.97 Å². The number of aliphatic hydroxyl groups is 1. The van der Waals surface area contributed by atoms with Crippen molar-refractivity contribution in [3.63, 3.8) is 0 Å². The van der Waals surface area contributed by atoms with Crippen LogP contribution in [-0.4, -0.2) is 28.9 Å². The minimum atomic E-state index is -1.53. The van der Waals surface area contributed by atoms with Gasteiger partial charge in [0.1, 0.15) is 0 Å². The monoisotopic (exact) mass is 143 g/mol. The summed E-state index contributed by atoms with van der Waals surface area (Å²) in [6.45, 7) is -0.682. The molecule has 1 atom stereocenters. The minimum absolute atomic E-state index is 0. The summed E-state index contributed by atoms with van der Waals surface area (Å²) in [5, 5.41) is 25.6. The van der Waals surface area contributed by atoms with E-state index in [-0.39, 0.29) is 29.6 Å². The summed E-state index contributed by atoms with van der Waals surface area (Å²) in [5.41, 5.74) is 1.34. The molecule has 0 aromatic heterocycles. The SMILES string of the molecule is O=C([O-])[C@H](CO)NO.[Na+]. The van der Waals surface area contributed by atoms with Crippen LogP contribution in [0.1, 0.15) is 0 Å². The predicted molar refractivity (Wildman–Crippen MR) is 20.8 cm³/mol. The first kappa shape index (κ1) is 12.1. The van der Waals surface area contributed by atoms with Gasteiger partial charge in [-0.1, -0.05) is 0 Å². The number of hydrogen-bond acceptors (Lipinski definition) is 5. The van der Waals surface area contributed by atoms with Crippen LogP contribution in [0.5, 0.6) is 0 Å². The third-order valence-electron chi connectivity index (χ3n) is 0.623. The van der Waals surface area contributed by atoms with Crippen molar-refractivity contribution < 1.29 is 49.8 Å². The van der Waals surface area contributed by atoms with E-state index in [0.29, 0.717) is 0 Å². The maximum atomic E-state index is 9.67. The van der Waals surface area contributed by atoms with E-state index in [2.05, 4.69) is 0 Å². The maximum absolute atomic E-state index is 9.67. The molecule has 48 valence electrons. The van der Waals surface area contributed by atoms with Crippen LogP contribution in [-0.2, 0) is 4.79 Å². The number of hydrogen-bond donors (Lipinski definition) is 3. The van der Waals surface area contributed by atoms with Gasteiger partial charge in [0, 0.05) is 0 Å². The Morgan fingerprint density at radius 1 is 1.78 bits per heavy atom. The molecule has 0 spiro atoms. The fourth-order valence-corrected chi connectivity index (χ4v) is 0.168. The number of aliphatic hydroxyl groups excluding tert-OH is 1. The molecule has 0 fully saturated rings. The summed E-state index contributed by atoms with van der Waals surface area (Å²) in [5.74, 6) is -1.53. The van der Waals surface area contributed by atoms with Gasteiger partial charge >= 0.3 is 29.6 Å². The van der Waals surface area contributed by atoms with Crippen molar-refractivity contribution in [2.75, 3.05) is 6.61 Å². The Bertz CT molecular complexity index is 83.9. The van der Waals surface area contributed by atoms with Gasteiger partial charge in [-0.25, -0.2) is 0 Å². The molecule has 9 heavy (non-hydrogen) atoms. The number of rotatable bonds is 3. The zero-order chi connectivity index (χ0) is 6.57. The summed E-state index contributed by atoms with van der Waals surface area (Å²) >= 11 is 0. The van der Waals surface area contributed by atoms with Crippen molar-refractivity contribution in [2.24, 2.45) is 0 Å². The number of carboxylic acid groups (broad SMARTS) is 1. The summed E-state index contributed by atoms with van der Waals surface area (Å²) in [6.07, 6.45) is 0. The Hall–Kier alpha value is 0.350. The molecule has 5 nitrogen and oxygen atoms in total. The minimum Gasteiger partial charge on any atom is -0.548 e. The zero-order valence-corrected chi connectivity index (χ0v) is 7.00. The molecule has 0 aromatic carbocycles. The van der Waals surface area contributed by atoms with Gasteiger partial charge in [0.2, 0.25) is 0 Å². The molecule has 0 aliphatic heterocycles. The summed E-state index contributed by atoms with van der Waals surface area (Å²) in [6, 6.07) is -1.38. The fourth-order valence-electron chi connectivity index (χ4n) is 0.168. The molecule has 0 heterocycles. The Morgan fingerprint density at radius 2 is 2.22 bits per heavy atom. The van der Waals surface area contributed by atoms with Crippen molar-refractivity contribution in [3.05, 3.63) is 0 Å². The van der Waals surface area contributed by atoms with Crippen LogP contribution < -0.4 is 40.1 Å². The van der Waals surface area contributed by atoms with Crippen LogP contribution in [0.4, 0.5) is 0 Å². The van der Waals surface area contributed by atoms with Crippen LogP contribution in [0, 0.1) is 0 Å². The smallest absolute Gasteiger partial charge is 0.548 e. The third-order valence-corrected chi connectivity index (χ3v) is 0.623. The number of nitrogens with one attached hydrogen (secondary N) is 1. The number of aliphatic carboxylic acids is 1. The summed E-state index contributed by atoms with van der Waals surface area (Å²) in [4.78, 5) is 9.67. The van der Waals surface area contributed by atoms with E-state index in [4.69, 9.17) is 10.3 Å². The van der Waals surface area contributed by atoms with Gasteiger partial charge in [0.15, 0.2) is 0 Å². The Balaban J connectivity index is 0. The van der Waals surface area contributed by atoms with E-state index in [9.17, 15) is 9.90 Å². The van der Waals surface area contributed by atoms with Gasteiger partial charge in [0.25, 0.3) is 0 Å². The number of carbonyl (C=O) groups is 1. The molecule has 0 aliphatic rings. The molecular formula is C3H6NNaO4. The quantitative estimate of drug-likeness (QED) is 0.270. The fraction of sp³-hybridized carbons (Fsp3) is 0.667. The third kappa shape index (κ3) is 4.83. The second-order valence-electron chi connectivity index (χ2n) is 1.18. The van der Waals surface area contributed by atoms with Crippen LogP contribution in [0.2, 0.25) is 0 Å². The van der Waals surface area contributed by atoms with Crippen molar-refractivity contribution in [1.82, 2.24) is 5.48 Å². The van der Waals surface area contributed by atoms with Crippen LogP contribution in [0.25, 0.3) is 0 Å². The molecule has 3 N–H and O–H groups in total. The first-order chi connectivity index (χ1) is 3.72. The van der Waals surface area contributed by atoms with Crippen molar-refractivity contribution in [3.8, 4) is 0 Å². The van der Waals surface area contributed by atoms with Gasteiger partial charge in [-0.15, -0.1) is 0 Å². The van der Waals surface area contributed by atoms with Gasteiger partial charge in [-0.3, -0.25) is 0 Å². The summed E-state index contributed by atoms with van der Waals surface area (Å²) in [7, 11) is 0. The standard InChI is InChI=1S/C3H7NO4.Na/c5-1-2(4-8)3(6)7;/h2,4-5,8H,1H2,(H,6,7);/q;+1/p-1/t2-;/m0./s1. The van der Waals surface area contributed by atoms with Crippen LogP contribution in [0.3, 0.4) is 0 Å². The summed E-state index contributed by atoms with van der Waals surface area (Å²) < 4.78 is 0. The second-order valence-corrected chi connectivity index (χ2v) is 1.18. The normalized spacial score (nSPS) is 11.8. The molecule has 0 aromatic rings. The average Bonchev–Trinajstić information content (AvgIpc) is 1.69. The maximum Gasteiger partial charge on any atom is 1.00 e. The van der Waals surface area contributed by atoms with E-state index in [1.54, 1.807) is 0 Å². The number of carboxylic acids is 1. The van der Waals surface area contributed by atoms with Crippen LogP contribution in [0.15, 0.2) is 0 Å². The molecule has 0 amide bonds. The topological polar surface area (TPSA) is 92.6 Å². The molecule has 0 unspecified atom stereocenters. The largest absolute Gasteiger partial charge is 1.00 e. The molecule has 0 bridgehead atoms. The van der Waals surface area contributed by atoms with E-state index in [0.717, 1.165) is 0 Å². The molecular weight excluding hydrogens is 137 g/mol. The number of hydroxylamine groups is 1.